The second-order valence-corrected chi connectivity index (χ2v) is 6.87. The predicted molar refractivity (Wildman–Crippen MR) is 87.2 cm³/mol. The van der Waals surface area contributed by atoms with Crippen LogP contribution in [0.4, 0.5) is 5.69 Å². The molecule has 0 fully saturated rings. The van der Waals surface area contributed by atoms with Gasteiger partial charge in [0.15, 0.2) is 9.84 Å². The number of allylic oxidation sites excluding steroid dienone is 1. The monoisotopic (exact) mass is 356 g/mol. The lowest BCUT2D eigenvalue weighted by molar-refractivity contribution is -0.138. The largest absolute Gasteiger partial charge is 0.510 e. The third kappa shape index (κ3) is 4.79. The van der Waals surface area contributed by atoms with Gasteiger partial charge in [-0.1, -0.05) is 6.92 Å². The average molecular weight is 356 g/mol. The maximum Gasteiger partial charge on any atom is 0.362 e. The molecule has 0 amide bonds. The Morgan fingerprint density at radius 3 is 2.46 bits per heavy atom. The molecule has 0 heterocycles. The summed E-state index contributed by atoms with van der Waals surface area (Å²) in [6.45, 7) is 4.51. The van der Waals surface area contributed by atoms with Gasteiger partial charge in [0.1, 0.15) is 17.2 Å². The number of carbonyl (C=O) groups is 1. The molecule has 9 heteroatoms. The Morgan fingerprint density at radius 2 is 1.96 bits per heavy atom. The van der Waals surface area contributed by atoms with Crippen molar-refractivity contribution in [3.05, 3.63) is 29.7 Å². The van der Waals surface area contributed by atoms with E-state index in [0.29, 0.717) is 0 Å². The Balaban J connectivity index is 3.32. The molecule has 8 nitrogen and oxygen atoms in total. The molecule has 1 rings (SSSR count). The highest BCUT2D eigenvalue weighted by molar-refractivity contribution is 7.91. The van der Waals surface area contributed by atoms with Crippen molar-refractivity contribution in [2.45, 2.75) is 25.7 Å². The number of aliphatic hydroxyl groups is 1. The van der Waals surface area contributed by atoms with Crippen molar-refractivity contribution in [2.24, 2.45) is 10.2 Å². The summed E-state index contributed by atoms with van der Waals surface area (Å²) in [4.78, 5) is 11.8. The molecular weight excluding hydrogens is 336 g/mol. The van der Waals surface area contributed by atoms with Crippen molar-refractivity contribution in [2.75, 3.05) is 19.5 Å². The molecule has 0 spiro atoms. The molecule has 0 aliphatic rings. The number of nitrogens with zero attached hydrogens (tertiary/aromatic N) is 2. The van der Waals surface area contributed by atoms with E-state index in [1.165, 1.54) is 39.2 Å². The minimum Gasteiger partial charge on any atom is -0.510 e. The smallest absolute Gasteiger partial charge is 0.362 e. The van der Waals surface area contributed by atoms with E-state index in [1.807, 2.05) is 0 Å². The van der Waals surface area contributed by atoms with Gasteiger partial charge in [0.2, 0.25) is 5.70 Å². The Hall–Kier alpha value is -2.42. The number of methoxy groups -OCH3 is 1. The van der Waals surface area contributed by atoms with Crippen molar-refractivity contribution < 1.29 is 27.8 Å². The summed E-state index contributed by atoms with van der Waals surface area (Å²) in [5.74, 6) is -1.00. The van der Waals surface area contributed by atoms with Gasteiger partial charge in [0, 0.05) is 0 Å². The van der Waals surface area contributed by atoms with Gasteiger partial charge in [-0.15, -0.1) is 10.2 Å². The Bertz CT molecular complexity index is 764. The molecule has 0 aliphatic heterocycles. The Kier molecular flexibility index (Phi) is 6.90. The standard InChI is InChI=1S/C15H20N2O6S/c1-5-23-15(19)14(10(3)18)17-16-12-9-11(24(20,21)6-2)7-8-13(12)22-4/h7-9,18H,5-6H2,1-4H3/b14-10-,17-16?. The number of aliphatic hydroxyl groups excluding tert-OH is 1. The molecule has 1 aromatic rings. The molecule has 0 bridgehead atoms. The second kappa shape index (κ2) is 8.44. The number of benzene rings is 1. The van der Waals surface area contributed by atoms with E-state index in [-0.39, 0.29) is 40.1 Å². The topological polar surface area (TPSA) is 115 Å². The SMILES string of the molecule is CCOC(=O)/C(N=Nc1cc(S(=O)(=O)CC)ccc1OC)=C(\C)O. The zero-order chi connectivity index (χ0) is 18.3. The van der Waals surface area contributed by atoms with Crippen LogP contribution in [0.15, 0.2) is 44.8 Å². The van der Waals surface area contributed by atoms with Crippen molar-refractivity contribution in [1.29, 1.82) is 0 Å². The van der Waals surface area contributed by atoms with Gasteiger partial charge in [-0.3, -0.25) is 0 Å². The molecule has 132 valence electrons. The number of hydrogen-bond donors (Lipinski definition) is 1. The van der Waals surface area contributed by atoms with Gasteiger partial charge in [-0.05, 0) is 32.0 Å². The highest BCUT2D eigenvalue weighted by atomic mass is 32.2. The van der Waals surface area contributed by atoms with Gasteiger partial charge in [0.05, 0.1) is 24.4 Å². The van der Waals surface area contributed by atoms with Gasteiger partial charge in [-0.25, -0.2) is 13.2 Å². The fraction of sp³-hybridized carbons (Fsp3) is 0.400. The molecule has 0 aliphatic carbocycles. The van der Waals surface area contributed by atoms with E-state index >= 15 is 0 Å². The maximum absolute atomic E-state index is 12.0. The normalized spacial score (nSPS) is 12.8. The summed E-state index contributed by atoms with van der Waals surface area (Å²) >= 11 is 0. The molecule has 1 aromatic carbocycles. The van der Waals surface area contributed by atoms with Crippen LogP contribution in [0.2, 0.25) is 0 Å². The van der Waals surface area contributed by atoms with E-state index in [1.54, 1.807) is 6.92 Å². The molecule has 1 N–H and O–H groups in total. The first-order valence-corrected chi connectivity index (χ1v) is 8.81. The third-order valence-corrected chi connectivity index (χ3v) is 4.69. The van der Waals surface area contributed by atoms with Crippen molar-refractivity contribution in [1.82, 2.24) is 0 Å². The molecule has 24 heavy (non-hydrogen) atoms. The average Bonchev–Trinajstić information content (AvgIpc) is 2.54. The molecular formula is C15H20N2O6S. The number of ether oxygens (including phenoxy) is 2. The quantitative estimate of drug-likeness (QED) is 0.348. The summed E-state index contributed by atoms with van der Waals surface area (Å²) in [6, 6.07) is 4.13. The van der Waals surface area contributed by atoms with Crippen LogP contribution < -0.4 is 4.74 Å². The van der Waals surface area contributed by atoms with E-state index in [9.17, 15) is 18.3 Å². The van der Waals surface area contributed by atoms with Gasteiger partial charge < -0.3 is 14.6 Å². The first-order valence-electron chi connectivity index (χ1n) is 7.16. The summed E-state index contributed by atoms with van der Waals surface area (Å²) in [5, 5.41) is 17.0. The number of azo groups is 1. The van der Waals surface area contributed by atoms with Crippen molar-refractivity contribution in [3.63, 3.8) is 0 Å². The van der Waals surface area contributed by atoms with E-state index in [4.69, 9.17) is 9.47 Å². The fourth-order valence-corrected chi connectivity index (χ4v) is 2.57. The van der Waals surface area contributed by atoms with Crippen molar-refractivity contribution >= 4 is 21.5 Å². The third-order valence-electron chi connectivity index (χ3n) is 2.96. The zero-order valence-corrected chi connectivity index (χ0v) is 14.8. The Morgan fingerprint density at radius 1 is 1.29 bits per heavy atom. The van der Waals surface area contributed by atoms with E-state index < -0.39 is 15.8 Å². The molecule has 0 unspecified atom stereocenters. The van der Waals surface area contributed by atoms with Crippen LogP contribution in [0, 0.1) is 0 Å². The first kappa shape index (κ1) is 19.6. The van der Waals surface area contributed by atoms with E-state index in [2.05, 4.69) is 10.2 Å². The molecule has 0 atom stereocenters. The molecule has 0 saturated heterocycles. The summed E-state index contributed by atoms with van der Waals surface area (Å²) in [5.41, 5.74) is -0.266. The lowest BCUT2D eigenvalue weighted by Crippen LogP contribution is -2.07. The molecule has 0 saturated carbocycles. The molecule has 0 radical (unpaired) electrons. The van der Waals surface area contributed by atoms with Gasteiger partial charge in [-0.2, -0.15) is 0 Å². The minimum absolute atomic E-state index is 0.0575. The fourth-order valence-electron chi connectivity index (χ4n) is 1.67. The minimum atomic E-state index is -3.44. The number of sulfone groups is 1. The lowest BCUT2D eigenvalue weighted by Gasteiger charge is -2.07. The number of esters is 1. The van der Waals surface area contributed by atoms with Gasteiger partial charge >= 0.3 is 5.97 Å². The van der Waals surface area contributed by atoms with Crippen LogP contribution >= 0.6 is 0 Å². The highest BCUT2D eigenvalue weighted by Gasteiger charge is 2.17. The number of rotatable bonds is 7. The Labute approximate surface area is 140 Å². The van der Waals surface area contributed by atoms with E-state index in [0.717, 1.165) is 0 Å². The van der Waals surface area contributed by atoms with Crippen LogP contribution in [0.1, 0.15) is 20.8 Å². The number of hydrogen-bond acceptors (Lipinski definition) is 8. The second-order valence-electron chi connectivity index (χ2n) is 4.59. The van der Waals surface area contributed by atoms with Crippen LogP contribution in [0.5, 0.6) is 5.75 Å². The summed E-state index contributed by atoms with van der Waals surface area (Å²) in [7, 11) is -2.05. The highest BCUT2D eigenvalue weighted by Crippen LogP contribution is 2.31. The zero-order valence-electron chi connectivity index (χ0n) is 13.9. The van der Waals surface area contributed by atoms with Crippen LogP contribution in [-0.2, 0) is 19.4 Å². The first-order chi connectivity index (χ1) is 11.3. The summed E-state index contributed by atoms with van der Waals surface area (Å²) in [6.07, 6.45) is 0. The van der Waals surface area contributed by atoms with Gasteiger partial charge in [0.25, 0.3) is 0 Å². The van der Waals surface area contributed by atoms with Crippen LogP contribution in [0.25, 0.3) is 0 Å². The van der Waals surface area contributed by atoms with Crippen LogP contribution in [-0.4, -0.2) is 39.0 Å². The number of carbonyl (C=O) groups excluding carboxylic acids is 1. The lowest BCUT2D eigenvalue weighted by atomic mass is 10.3. The van der Waals surface area contributed by atoms with Crippen molar-refractivity contribution in [3.8, 4) is 5.75 Å². The van der Waals surface area contributed by atoms with Crippen LogP contribution in [0.3, 0.4) is 0 Å². The predicted octanol–water partition coefficient (Wildman–Crippen LogP) is 2.93. The molecule has 0 aromatic heterocycles. The summed E-state index contributed by atoms with van der Waals surface area (Å²) < 4.78 is 33.8. The maximum atomic E-state index is 12.0.